The van der Waals surface area contributed by atoms with E-state index in [1.807, 2.05) is 0 Å². The van der Waals surface area contributed by atoms with Crippen molar-refractivity contribution in [1.29, 1.82) is 0 Å². The first-order chi connectivity index (χ1) is 6.78. The molecule has 3 atom stereocenters. The molecule has 0 saturated carbocycles. The highest BCUT2D eigenvalue weighted by Crippen LogP contribution is 2.41. The fraction of sp³-hybridized carbons (Fsp3) is 1.00. The van der Waals surface area contributed by atoms with Crippen LogP contribution < -0.4 is 5.32 Å². The standard InChI is InChI=1S/C11H21NOS/c1-3-9-8-14-11(12-9)5-6-13-10(4-2)7-11/h9-10,12H,3-8H2,1-2H3. The van der Waals surface area contributed by atoms with Gasteiger partial charge in [-0.25, -0.2) is 0 Å². The summed E-state index contributed by atoms with van der Waals surface area (Å²) >= 11 is 2.13. The van der Waals surface area contributed by atoms with Crippen LogP contribution in [0.4, 0.5) is 0 Å². The lowest BCUT2D eigenvalue weighted by atomic mass is 10.00. The van der Waals surface area contributed by atoms with Gasteiger partial charge in [-0.15, -0.1) is 11.8 Å². The molecular weight excluding hydrogens is 194 g/mol. The maximum absolute atomic E-state index is 5.73. The van der Waals surface area contributed by atoms with E-state index >= 15 is 0 Å². The van der Waals surface area contributed by atoms with Crippen LogP contribution in [0.3, 0.4) is 0 Å². The summed E-state index contributed by atoms with van der Waals surface area (Å²) in [5.41, 5.74) is 0. The molecule has 82 valence electrons. The second-order valence-corrected chi connectivity index (χ2v) is 5.81. The lowest BCUT2D eigenvalue weighted by Crippen LogP contribution is -2.48. The Hall–Kier alpha value is 0.270. The zero-order chi connectivity index (χ0) is 10.0. The highest BCUT2D eigenvalue weighted by molar-refractivity contribution is 8.00. The van der Waals surface area contributed by atoms with Crippen molar-refractivity contribution >= 4 is 11.8 Å². The lowest BCUT2D eigenvalue weighted by molar-refractivity contribution is -0.00739. The van der Waals surface area contributed by atoms with Crippen molar-refractivity contribution in [2.45, 2.75) is 56.5 Å². The number of hydrogen-bond acceptors (Lipinski definition) is 3. The quantitative estimate of drug-likeness (QED) is 0.764. The van der Waals surface area contributed by atoms with E-state index in [4.69, 9.17) is 4.74 Å². The topological polar surface area (TPSA) is 21.3 Å². The van der Waals surface area contributed by atoms with Crippen LogP contribution in [0.1, 0.15) is 39.5 Å². The van der Waals surface area contributed by atoms with Crippen LogP contribution >= 0.6 is 11.8 Å². The fourth-order valence-corrected chi connectivity index (χ4v) is 4.00. The maximum atomic E-state index is 5.73. The van der Waals surface area contributed by atoms with E-state index in [1.165, 1.54) is 25.0 Å². The van der Waals surface area contributed by atoms with Crippen molar-refractivity contribution in [3.63, 3.8) is 0 Å². The van der Waals surface area contributed by atoms with Crippen molar-refractivity contribution in [3.05, 3.63) is 0 Å². The van der Waals surface area contributed by atoms with Gasteiger partial charge in [-0.1, -0.05) is 13.8 Å². The minimum absolute atomic E-state index is 0.361. The Bertz CT molecular complexity index is 200. The second-order valence-electron chi connectivity index (χ2n) is 4.41. The third kappa shape index (κ3) is 2.10. The third-order valence-electron chi connectivity index (χ3n) is 3.39. The molecular formula is C11H21NOS. The molecule has 2 nitrogen and oxygen atoms in total. The zero-order valence-electron chi connectivity index (χ0n) is 9.21. The van der Waals surface area contributed by atoms with Crippen molar-refractivity contribution < 1.29 is 4.74 Å². The Labute approximate surface area is 91.2 Å². The van der Waals surface area contributed by atoms with Crippen LogP contribution in [0.2, 0.25) is 0 Å². The Morgan fingerprint density at radius 1 is 1.43 bits per heavy atom. The highest BCUT2D eigenvalue weighted by Gasteiger charge is 2.42. The van der Waals surface area contributed by atoms with Gasteiger partial charge in [-0.3, -0.25) is 5.32 Å². The van der Waals surface area contributed by atoms with Gasteiger partial charge in [0.1, 0.15) is 0 Å². The van der Waals surface area contributed by atoms with Gasteiger partial charge in [0, 0.05) is 24.8 Å². The average Bonchev–Trinajstić information content (AvgIpc) is 2.61. The van der Waals surface area contributed by atoms with Crippen LogP contribution in [-0.4, -0.2) is 29.4 Å². The molecule has 1 spiro atoms. The van der Waals surface area contributed by atoms with Crippen LogP contribution in [0, 0.1) is 0 Å². The van der Waals surface area contributed by atoms with E-state index in [2.05, 4.69) is 30.9 Å². The Morgan fingerprint density at radius 2 is 2.29 bits per heavy atom. The van der Waals surface area contributed by atoms with E-state index in [0.717, 1.165) is 19.1 Å². The molecule has 2 aliphatic rings. The molecule has 0 amide bonds. The molecule has 1 N–H and O–H groups in total. The van der Waals surface area contributed by atoms with E-state index in [-0.39, 0.29) is 0 Å². The number of thioether (sulfide) groups is 1. The SMILES string of the molecule is CCC1CSC2(CCOC(CC)C2)N1. The maximum Gasteiger partial charge on any atom is 0.0695 e. The molecule has 0 bridgehead atoms. The third-order valence-corrected chi connectivity index (χ3v) is 5.00. The first kappa shape index (κ1) is 10.8. The zero-order valence-corrected chi connectivity index (χ0v) is 10.0. The molecule has 0 aromatic heterocycles. The summed E-state index contributed by atoms with van der Waals surface area (Å²) in [5, 5.41) is 3.80. The summed E-state index contributed by atoms with van der Waals surface area (Å²) in [4.78, 5) is 0.361. The van der Waals surface area contributed by atoms with Gasteiger partial charge in [-0.05, 0) is 19.3 Å². The number of ether oxygens (including phenoxy) is 1. The van der Waals surface area contributed by atoms with Gasteiger partial charge in [0.25, 0.3) is 0 Å². The van der Waals surface area contributed by atoms with Gasteiger partial charge < -0.3 is 4.74 Å². The van der Waals surface area contributed by atoms with Gasteiger partial charge >= 0.3 is 0 Å². The first-order valence-electron chi connectivity index (χ1n) is 5.81. The van der Waals surface area contributed by atoms with Gasteiger partial charge in [0.15, 0.2) is 0 Å². The summed E-state index contributed by atoms with van der Waals surface area (Å²) in [6.45, 7) is 5.43. The summed E-state index contributed by atoms with van der Waals surface area (Å²) in [6, 6.07) is 0.732. The predicted molar refractivity (Wildman–Crippen MR) is 61.7 cm³/mol. The molecule has 3 heteroatoms. The van der Waals surface area contributed by atoms with Gasteiger partial charge in [-0.2, -0.15) is 0 Å². The molecule has 2 saturated heterocycles. The molecule has 2 heterocycles. The molecule has 2 fully saturated rings. The lowest BCUT2D eigenvalue weighted by Gasteiger charge is -2.37. The minimum Gasteiger partial charge on any atom is -0.378 e. The molecule has 14 heavy (non-hydrogen) atoms. The largest absolute Gasteiger partial charge is 0.378 e. The van der Waals surface area contributed by atoms with E-state index in [1.54, 1.807) is 0 Å². The summed E-state index contributed by atoms with van der Waals surface area (Å²) in [6.07, 6.45) is 5.28. The first-order valence-corrected chi connectivity index (χ1v) is 6.80. The smallest absolute Gasteiger partial charge is 0.0695 e. The molecule has 0 aromatic carbocycles. The van der Waals surface area contributed by atoms with Crippen LogP contribution in [0.25, 0.3) is 0 Å². The van der Waals surface area contributed by atoms with E-state index < -0.39 is 0 Å². The van der Waals surface area contributed by atoms with Crippen LogP contribution in [0.15, 0.2) is 0 Å². The van der Waals surface area contributed by atoms with Gasteiger partial charge in [0.05, 0.1) is 11.0 Å². The monoisotopic (exact) mass is 215 g/mol. The highest BCUT2D eigenvalue weighted by atomic mass is 32.2. The second kappa shape index (κ2) is 4.42. The van der Waals surface area contributed by atoms with Crippen molar-refractivity contribution in [3.8, 4) is 0 Å². The fourth-order valence-electron chi connectivity index (χ4n) is 2.38. The summed E-state index contributed by atoms with van der Waals surface area (Å²) in [7, 11) is 0. The molecule has 2 rings (SSSR count). The molecule has 2 aliphatic heterocycles. The molecule has 0 aliphatic carbocycles. The van der Waals surface area contributed by atoms with Crippen LogP contribution in [0.5, 0.6) is 0 Å². The van der Waals surface area contributed by atoms with Crippen molar-refractivity contribution in [2.75, 3.05) is 12.4 Å². The molecule has 0 radical (unpaired) electrons. The number of hydrogen-bond donors (Lipinski definition) is 1. The Kier molecular flexibility index (Phi) is 3.40. The van der Waals surface area contributed by atoms with E-state index in [9.17, 15) is 0 Å². The average molecular weight is 215 g/mol. The number of nitrogens with one attached hydrogen (secondary N) is 1. The Morgan fingerprint density at radius 3 is 2.93 bits per heavy atom. The molecule has 0 aromatic rings. The molecule has 3 unspecified atom stereocenters. The van der Waals surface area contributed by atoms with Crippen LogP contribution in [-0.2, 0) is 4.74 Å². The predicted octanol–water partition coefficient (Wildman–Crippen LogP) is 2.39. The van der Waals surface area contributed by atoms with E-state index in [0.29, 0.717) is 11.0 Å². The minimum atomic E-state index is 0.361. The Balaban J connectivity index is 1.95. The van der Waals surface area contributed by atoms with Crippen molar-refractivity contribution in [2.24, 2.45) is 0 Å². The van der Waals surface area contributed by atoms with Crippen molar-refractivity contribution in [1.82, 2.24) is 5.32 Å². The normalized spacial score (nSPS) is 43.3. The summed E-state index contributed by atoms with van der Waals surface area (Å²) < 4.78 is 5.73. The van der Waals surface area contributed by atoms with Gasteiger partial charge in [0.2, 0.25) is 0 Å². The summed E-state index contributed by atoms with van der Waals surface area (Å²) in [5.74, 6) is 1.28. The number of rotatable bonds is 2.